The van der Waals surface area contributed by atoms with Crippen LogP contribution < -0.4 is 11.1 Å². The van der Waals surface area contributed by atoms with Gasteiger partial charge in [0.1, 0.15) is 5.84 Å². The molecule has 4 heteroatoms. The van der Waals surface area contributed by atoms with Gasteiger partial charge < -0.3 is 16.3 Å². The van der Waals surface area contributed by atoms with Crippen molar-refractivity contribution in [2.24, 2.45) is 16.3 Å². The number of hydrogen-bond donors (Lipinski definition) is 3. The van der Waals surface area contributed by atoms with E-state index >= 15 is 0 Å². The lowest BCUT2D eigenvalue weighted by molar-refractivity contribution is 0.283. The Labute approximate surface area is 91.9 Å². The Morgan fingerprint density at radius 2 is 2.33 bits per heavy atom. The molecule has 0 aromatic heterocycles. The van der Waals surface area contributed by atoms with Crippen molar-refractivity contribution in [3.63, 3.8) is 0 Å². The van der Waals surface area contributed by atoms with Gasteiger partial charge >= 0.3 is 0 Å². The average molecular weight is 213 g/mol. The maximum atomic E-state index is 8.37. The summed E-state index contributed by atoms with van der Waals surface area (Å²) < 4.78 is 0. The molecule has 0 heterocycles. The Balaban J connectivity index is 2.15. The number of oxime groups is 1. The maximum absolute atomic E-state index is 8.37. The SMILES string of the molecule is CC1(C)CCCC1NCCCC(N)=NO. The summed E-state index contributed by atoms with van der Waals surface area (Å²) in [6.45, 7) is 5.59. The third kappa shape index (κ3) is 3.70. The molecule has 1 aliphatic carbocycles. The second kappa shape index (κ2) is 5.35. The number of hydrogen-bond acceptors (Lipinski definition) is 3. The predicted octanol–water partition coefficient (Wildman–Crippen LogP) is 1.68. The zero-order valence-corrected chi connectivity index (χ0v) is 9.79. The van der Waals surface area contributed by atoms with E-state index in [-0.39, 0.29) is 0 Å². The first-order valence-electron chi connectivity index (χ1n) is 5.76. The van der Waals surface area contributed by atoms with Crippen molar-refractivity contribution in [1.82, 2.24) is 5.32 Å². The van der Waals surface area contributed by atoms with E-state index in [1.165, 1.54) is 19.3 Å². The molecular formula is C11H23N3O. The molecule has 1 atom stereocenters. The van der Waals surface area contributed by atoms with Crippen molar-refractivity contribution in [3.05, 3.63) is 0 Å². The van der Waals surface area contributed by atoms with Crippen molar-refractivity contribution in [2.75, 3.05) is 6.54 Å². The zero-order chi connectivity index (χ0) is 11.3. The van der Waals surface area contributed by atoms with E-state index in [2.05, 4.69) is 24.3 Å². The molecule has 1 rings (SSSR count). The van der Waals surface area contributed by atoms with Gasteiger partial charge in [-0.3, -0.25) is 0 Å². The van der Waals surface area contributed by atoms with Gasteiger partial charge in [-0.15, -0.1) is 0 Å². The van der Waals surface area contributed by atoms with Gasteiger partial charge in [0.15, 0.2) is 0 Å². The molecule has 0 radical (unpaired) electrons. The van der Waals surface area contributed by atoms with Crippen LogP contribution in [-0.2, 0) is 0 Å². The van der Waals surface area contributed by atoms with Gasteiger partial charge in [0.05, 0.1) is 0 Å². The summed E-state index contributed by atoms with van der Waals surface area (Å²) in [4.78, 5) is 0. The third-order valence-electron chi connectivity index (χ3n) is 3.39. The smallest absolute Gasteiger partial charge is 0.139 e. The topological polar surface area (TPSA) is 70.6 Å². The van der Waals surface area contributed by atoms with Crippen LogP contribution in [0.2, 0.25) is 0 Å². The van der Waals surface area contributed by atoms with Crippen molar-refractivity contribution in [3.8, 4) is 0 Å². The third-order valence-corrected chi connectivity index (χ3v) is 3.39. The van der Waals surface area contributed by atoms with Gasteiger partial charge in [-0.2, -0.15) is 0 Å². The lowest BCUT2D eigenvalue weighted by Gasteiger charge is -2.27. The molecule has 0 bridgehead atoms. The highest BCUT2D eigenvalue weighted by molar-refractivity contribution is 5.79. The molecular weight excluding hydrogens is 190 g/mol. The molecule has 1 saturated carbocycles. The van der Waals surface area contributed by atoms with Crippen LogP contribution in [0.1, 0.15) is 46.0 Å². The van der Waals surface area contributed by atoms with Crippen LogP contribution in [0.25, 0.3) is 0 Å². The Morgan fingerprint density at radius 3 is 2.87 bits per heavy atom. The second-order valence-electron chi connectivity index (χ2n) is 5.08. The minimum Gasteiger partial charge on any atom is -0.409 e. The minimum atomic E-state index is 0.322. The van der Waals surface area contributed by atoms with Gasteiger partial charge in [0.2, 0.25) is 0 Å². The summed E-state index contributed by atoms with van der Waals surface area (Å²) in [6, 6.07) is 0.629. The fraction of sp³-hybridized carbons (Fsp3) is 0.909. The standard InChI is InChI=1S/C11H23N3O/c1-11(2)7-3-5-9(11)13-8-4-6-10(12)14-15/h9,13,15H,3-8H2,1-2H3,(H2,12,14). The predicted molar refractivity (Wildman–Crippen MR) is 62.1 cm³/mol. The van der Waals surface area contributed by atoms with E-state index < -0.39 is 0 Å². The summed E-state index contributed by atoms with van der Waals surface area (Å²) in [5, 5.41) is 14.9. The lowest BCUT2D eigenvalue weighted by Crippen LogP contribution is -2.38. The van der Waals surface area contributed by atoms with E-state index in [1.54, 1.807) is 0 Å². The molecule has 15 heavy (non-hydrogen) atoms. The molecule has 0 aliphatic heterocycles. The fourth-order valence-electron chi connectivity index (χ4n) is 2.30. The van der Waals surface area contributed by atoms with Crippen LogP contribution in [-0.4, -0.2) is 23.6 Å². The van der Waals surface area contributed by atoms with E-state index in [0.29, 0.717) is 23.7 Å². The van der Waals surface area contributed by atoms with Crippen LogP contribution in [0.5, 0.6) is 0 Å². The molecule has 0 aromatic rings. The quantitative estimate of drug-likeness (QED) is 0.214. The molecule has 4 nitrogen and oxygen atoms in total. The molecule has 1 aliphatic rings. The number of rotatable bonds is 5. The summed E-state index contributed by atoms with van der Waals surface area (Å²) in [5.41, 5.74) is 5.82. The Kier molecular flexibility index (Phi) is 4.39. The molecule has 1 fully saturated rings. The van der Waals surface area contributed by atoms with Gasteiger partial charge in [0.25, 0.3) is 0 Å². The second-order valence-corrected chi connectivity index (χ2v) is 5.08. The van der Waals surface area contributed by atoms with Crippen LogP contribution in [0.4, 0.5) is 0 Å². The average Bonchev–Trinajstić information content (AvgIpc) is 2.52. The zero-order valence-electron chi connectivity index (χ0n) is 9.79. The van der Waals surface area contributed by atoms with Gasteiger partial charge in [0, 0.05) is 12.5 Å². The summed E-state index contributed by atoms with van der Waals surface area (Å²) >= 11 is 0. The Bertz CT molecular complexity index is 226. The summed E-state index contributed by atoms with van der Waals surface area (Å²) in [6.07, 6.45) is 5.51. The van der Waals surface area contributed by atoms with E-state index in [9.17, 15) is 0 Å². The number of amidine groups is 1. The number of nitrogens with one attached hydrogen (secondary N) is 1. The number of nitrogens with two attached hydrogens (primary N) is 1. The Morgan fingerprint density at radius 1 is 1.60 bits per heavy atom. The van der Waals surface area contributed by atoms with Crippen LogP contribution >= 0.6 is 0 Å². The van der Waals surface area contributed by atoms with Gasteiger partial charge in [-0.25, -0.2) is 0 Å². The monoisotopic (exact) mass is 213 g/mol. The minimum absolute atomic E-state index is 0.322. The highest BCUT2D eigenvalue weighted by Gasteiger charge is 2.33. The lowest BCUT2D eigenvalue weighted by atomic mass is 9.87. The first-order chi connectivity index (χ1) is 7.06. The van der Waals surface area contributed by atoms with E-state index in [1.807, 2.05) is 0 Å². The molecule has 88 valence electrons. The van der Waals surface area contributed by atoms with Gasteiger partial charge in [-0.05, 0) is 31.2 Å². The molecule has 0 spiro atoms. The van der Waals surface area contributed by atoms with Crippen molar-refractivity contribution in [1.29, 1.82) is 0 Å². The van der Waals surface area contributed by atoms with E-state index in [0.717, 1.165) is 13.0 Å². The largest absolute Gasteiger partial charge is 0.409 e. The first-order valence-corrected chi connectivity index (χ1v) is 5.76. The summed E-state index contributed by atoms with van der Waals surface area (Å²) in [7, 11) is 0. The molecule has 0 amide bonds. The van der Waals surface area contributed by atoms with Gasteiger partial charge in [-0.1, -0.05) is 25.4 Å². The first kappa shape index (κ1) is 12.3. The van der Waals surface area contributed by atoms with Crippen molar-refractivity contribution >= 4 is 5.84 Å². The number of nitrogens with zero attached hydrogens (tertiary/aromatic N) is 1. The fourth-order valence-corrected chi connectivity index (χ4v) is 2.30. The molecule has 1 unspecified atom stereocenters. The molecule has 4 N–H and O–H groups in total. The summed E-state index contributed by atoms with van der Waals surface area (Å²) in [5.74, 6) is 0.322. The Hall–Kier alpha value is -0.770. The van der Waals surface area contributed by atoms with Crippen molar-refractivity contribution in [2.45, 2.75) is 52.0 Å². The van der Waals surface area contributed by atoms with Crippen LogP contribution in [0.15, 0.2) is 5.16 Å². The van der Waals surface area contributed by atoms with Crippen LogP contribution in [0, 0.1) is 5.41 Å². The molecule has 0 saturated heterocycles. The highest BCUT2D eigenvalue weighted by atomic mass is 16.4. The van der Waals surface area contributed by atoms with E-state index in [4.69, 9.17) is 10.9 Å². The maximum Gasteiger partial charge on any atom is 0.139 e. The van der Waals surface area contributed by atoms with Crippen LogP contribution in [0.3, 0.4) is 0 Å². The normalized spacial score (nSPS) is 25.7. The highest BCUT2D eigenvalue weighted by Crippen LogP contribution is 2.36. The van der Waals surface area contributed by atoms with Crippen molar-refractivity contribution < 1.29 is 5.21 Å². The molecule has 0 aromatic carbocycles.